The zero-order valence-corrected chi connectivity index (χ0v) is 8.88. The molecule has 0 fully saturated rings. The van der Waals surface area contributed by atoms with Crippen LogP contribution in [0.5, 0.6) is 11.5 Å². The molecule has 3 nitrogen and oxygen atoms in total. The molecule has 0 radical (unpaired) electrons. The second kappa shape index (κ2) is 4.53. The highest BCUT2D eigenvalue weighted by molar-refractivity contribution is 6.31. The van der Waals surface area contributed by atoms with Gasteiger partial charge in [0.2, 0.25) is 0 Å². The molecule has 2 N–H and O–H groups in total. The molecule has 0 bridgehead atoms. The molecule has 0 saturated carbocycles. The minimum Gasteiger partial charge on any atom is -0.504 e. The van der Waals surface area contributed by atoms with Gasteiger partial charge in [0.1, 0.15) is 0 Å². The van der Waals surface area contributed by atoms with E-state index >= 15 is 0 Å². The first kappa shape index (κ1) is 11.1. The molecule has 0 heterocycles. The van der Waals surface area contributed by atoms with E-state index in [-0.39, 0.29) is 18.3 Å². The molecule has 14 heavy (non-hydrogen) atoms. The van der Waals surface area contributed by atoms with E-state index < -0.39 is 0 Å². The van der Waals surface area contributed by atoms with Gasteiger partial charge in [0.05, 0.1) is 7.11 Å². The van der Waals surface area contributed by atoms with Crippen LogP contribution in [-0.4, -0.2) is 23.9 Å². The third-order valence-electron chi connectivity index (χ3n) is 2.10. The van der Waals surface area contributed by atoms with Gasteiger partial charge in [-0.25, -0.2) is 0 Å². The molecule has 0 amide bonds. The number of halogens is 1. The van der Waals surface area contributed by atoms with Gasteiger partial charge in [0.15, 0.2) is 11.5 Å². The van der Waals surface area contributed by atoms with Crippen molar-refractivity contribution >= 4 is 11.6 Å². The van der Waals surface area contributed by atoms with E-state index in [1.807, 2.05) is 6.92 Å². The Bertz CT molecular complexity index is 325. The number of benzene rings is 1. The summed E-state index contributed by atoms with van der Waals surface area (Å²) in [5.41, 5.74) is 0.715. The maximum Gasteiger partial charge on any atom is 0.161 e. The Labute approximate surface area is 87.9 Å². The van der Waals surface area contributed by atoms with Crippen LogP contribution in [-0.2, 0) is 0 Å². The molecule has 1 aromatic carbocycles. The number of phenolic OH excluding ortho intramolecular Hbond substituents is 1. The van der Waals surface area contributed by atoms with Crippen molar-refractivity contribution in [2.45, 2.75) is 12.8 Å². The van der Waals surface area contributed by atoms with Crippen LogP contribution in [0.4, 0.5) is 0 Å². The first-order chi connectivity index (χ1) is 6.60. The van der Waals surface area contributed by atoms with Crippen LogP contribution in [0.1, 0.15) is 18.4 Å². The molecule has 0 saturated heterocycles. The van der Waals surface area contributed by atoms with Crippen LogP contribution >= 0.6 is 11.6 Å². The molecule has 0 aromatic heterocycles. The summed E-state index contributed by atoms with van der Waals surface area (Å²) in [5, 5.41) is 18.9. The number of phenols is 1. The minimum absolute atomic E-state index is 0.00844. The lowest BCUT2D eigenvalue weighted by atomic mass is 10.0. The number of ether oxygens (including phenoxy) is 1. The molecular weight excluding hydrogens is 204 g/mol. The summed E-state index contributed by atoms with van der Waals surface area (Å²) in [4.78, 5) is 0. The van der Waals surface area contributed by atoms with Crippen LogP contribution < -0.4 is 4.74 Å². The van der Waals surface area contributed by atoms with Crippen LogP contribution in [0.25, 0.3) is 0 Å². The maximum absolute atomic E-state index is 9.49. The van der Waals surface area contributed by atoms with E-state index in [0.29, 0.717) is 16.3 Å². The lowest BCUT2D eigenvalue weighted by Crippen LogP contribution is -2.00. The molecule has 0 aliphatic rings. The summed E-state index contributed by atoms with van der Waals surface area (Å²) >= 11 is 5.95. The third kappa shape index (κ3) is 2.11. The molecule has 1 rings (SSSR count). The number of rotatable bonds is 3. The largest absolute Gasteiger partial charge is 0.504 e. The van der Waals surface area contributed by atoms with Gasteiger partial charge >= 0.3 is 0 Å². The first-order valence-electron chi connectivity index (χ1n) is 4.27. The Morgan fingerprint density at radius 1 is 1.50 bits per heavy atom. The van der Waals surface area contributed by atoms with Gasteiger partial charge in [-0.2, -0.15) is 0 Å². The van der Waals surface area contributed by atoms with Gasteiger partial charge in [0, 0.05) is 23.6 Å². The second-order valence-corrected chi connectivity index (χ2v) is 3.54. The van der Waals surface area contributed by atoms with Gasteiger partial charge in [-0.3, -0.25) is 0 Å². The van der Waals surface area contributed by atoms with Gasteiger partial charge in [-0.05, 0) is 11.6 Å². The number of aliphatic hydroxyl groups excluding tert-OH is 1. The maximum atomic E-state index is 9.49. The highest BCUT2D eigenvalue weighted by Crippen LogP contribution is 2.35. The zero-order valence-electron chi connectivity index (χ0n) is 8.12. The Balaban J connectivity index is 3.14. The highest BCUT2D eigenvalue weighted by atomic mass is 35.5. The van der Waals surface area contributed by atoms with Crippen molar-refractivity contribution in [1.82, 2.24) is 0 Å². The Morgan fingerprint density at radius 3 is 2.64 bits per heavy atom. The van der Waals surface area contributed by atoms with E-state index in [4.69, 9.17) is 21.4 Å². The SMILES string of the molecule is COc1cc(Cl)c(C(C)CO)cc1O. The molecule has 4 heteroatoms. The summed E-state index contributed by atoms with van der Waals surface area (Å²) in [6.45, 7) is 1.82. The van der Waals surface area contributed by atoms with E-state index in [2.05, 4.69) is 0 Å². The number of methoxy groups -OCH3 is 1. The van der Waals surface area contributed by atoms with Gasteiger partial charge < -0.3 is 14.9 Å². The monoisotopic (exact) mass is 216 g/mol. The average molecular weight is 217 g/mol. The number of hydrogen-bond acceptors (Lipinski definition) is 3. The van der Waals surface area contributed by atoms with E-state index in [1.54, 1.807) is 6.07 Å². The Kier molecular flexibility index (Phi) is 3.61. The molecule has 1 unspecified atom stereocenters. The van der Waals surface area contributed by atoms with Crippen LogP contribution in [0, 0.1) is 0 Å². The van der Waals surface area contributed by atoms with E-state index in [9.17, 15) is 5.11 Å². The van der Waals surface area contributed by atoms with Crippen LogP contribution in [0.2, 0.25) is 5.02 Å². The van der Waals surface area contributed by atoms with Crippen LogP contribution in [0.3, 0.4) is 0 Å². The van der Waals surface area contributed by atoms with Crippen molar-refractivity contribution in [3.05, 3.63) is 22.7 Å². The Morgan fingerprint density at radius 2 is 2.14 bits per heavy atom. The molecule has 0 aliphatic carbocycles. The quantitative estimate of drug-likeness (QED) is 0.814. The fraction of sp³-hybridized carbons (Fsp3) is 0.400. The molecule has 1 atom stereocenters. The molecule has 78 valence electrons. The standard InChI is InChI=1S/C10H13ClO3/c1-6(5-12)7-3-9(13)10(14-2)4-8(7)11/h3-4,6,12-13H,5H2,1-2H3. The summed E-state index contributed by atoms with van der Waals surface area (Å²) in [5.74, 6) is 0.274. The summed E-state index contributed by atoms with van der Waals surface area (Å²) < 4.78 is 4.90. The average Bonchev–Trinajstić information content (AvgIpc) is 2.19. The van der Waals surface area contributed by atoms with Crippen LogP contribution in [0.15, 0.2) is 12.1 Å². The molecule has 1 aromatic rings. The van der Waals surface area contributed by atoms with Crippen molar-refractivity contribution < 1.29 is 14.9 Å². The third-order valence-corrected chi connectivity index (χ3v) is 2.43. The topological polar surface area (TPSA) is 49.7 Å². The molecule has 0 aliphatic heterocycles. The van der Waals surface area contributed by atoms with Gasteiger partial charge in [-0.15, -0.1) is 0 Å². The summed E-state index contributed by atoms with van der Waals surface area (Å²) in [6, 6.07) is 3.06. The fourth-order valence-electron chi connectivity index (χ4n) is 1.20. The summed E-state index contributed by atoms with van der Waals surface area (Å²) in [7, 11) is 1.46. The van der Waals surface area contributed by atoms with Crippen molar-refractivity contribution in [3.8, 4) is 11.5 Å². The lowest BCUT2D eigenvalue weighted by Gasteiger charge is -2.12. The fourth-order valence-corrected chi connectivity index (χ4v) is 1.54. The number of aliphatic hydroxyl groups is 1. The van der Waals surface area contributed by atoms with Crippen molar-refractivity contribution in [1.29, 1.82) is 0 Å². The number of aromatic hydroxyl groups is 1. The minimum atomic E-state index is -0.0979. The molecular formula is C10H13ClO3. The highest BCUT2D eigenvalue weighted by Gasteiger charge is 2.13. The zero-order chi connectivity index (χ0) is 10.7. The van der Waals surface area contributed by atoms with Crippen molar-refractivity contribution in [3.63, 3.8) is 0 Å². The van der Waals surface area contributed by atoms with Crippen molar-refractivity contribution in [2.24, 2.45) is 0 Å². The van der Waals surface area contributed by atoms with Gasteiger partial charge in [-0.1, -0.05) is 18.5 Å². The predicted octanol–water partition coefficient (Wildman–Crippen LogP) is 2.15. The Hall–Kier alpha value is -0.930. The predicted molar refractivity (Wildman–Crippen MR) is 55.2 cm³/mol. The summed E-state index contributed by atoms with van der Waals surface area (Å²) in [6.07, 6.45) is 0. The number of hydrogen-bond donors (Lipinski definition) is 2. The van der Waals surface area contributed by atoms with E-state index in [1.165, 1.54) is 13.2 Å². The second-order valence-electron chi connectivity index (χ2n) is 3.13. The normalized spacial score (nSPS) is 12.6. The van der Waals surface area contributed by atoms with Crippen molar-refractivity contribution in [2.75, 3.05) is 13.7 Å². The van der Waals surface area contributed by atoms with E-state index in [0.717, 1.165) is 0 Å². The smallest absolute Gasteiger partial charge is 0.161 e. The first-order valence-corrected chi connectivity index (χ1v) is 4.65. The lowest BCUT2D eigenvalue weighted by molar-refractivity contribution is 0.272. The molecule has 0 spiro atoms. The van der Waals surface area contributed by atoms with Gasteiger partial charge in [0.25, 0.3) is 0 Å².